The third-order valence-corrected chi connectivity index (χ3v) is 15.2. The summed E-state index contributed by atoms with van der Waals surface area (Å²) in [7, 11) is 0. The molecule has 0 amide bonds. The fourth-order valence-corrected chi connectivity index (χ4v) is 11.2. The molecule has 0 atom stereocenters. The monoisotopic (exact) mass is 1010 g/mol. The summed E-state index contributed by atoms with van der Waals surface area (Å²) < 4.78 is 2.38. The smallest absolute Gasteiger partial charge is 0.160 e. The number of hydrogen-bond donors (Lipinski definition) is 0. The SMILES string of the molecule is c1ccc(-c2cccc(-c3cccc(-c4ccc(-c5cccc(-c6cc(-c7cccc(-c8cccc(-n9c%10ccccc%10c%10ccccc%109)c8)c7)nc(-c7cccc(-c8cccc(-c9ccccc9)c8)c7)n6)c5)cc4)c3)c2)cc1. The molecule has 14 aromatic rings. The molecule has 3 nitrogen and oxygen atoms in total. The summed E-state index contributed by atoms with van der Waals surface area (Å²) in [6, 6.07) is 111. The van der Waals surface area contributed by atoms with E-state index in [1.807, 2.05) is 0 Å². The van der Waals surface area contributed by atoms with E-state index in [2.05, 4.69) is 314 Å². The average Bonchev–Trinajstić information content (AvgIpc) is 4.03. The van der Waals surface area contributed by atoms with Gasteiger partial charge in [0.2, 0.25) is 0 Å². The lowest BCUT2D eigenvalue weighted by Crippen LogP contribution is -1.97. The third kappa shape index (κ3) is 9.41. The lowest BCUT2D eigenvalue weighted by molar-refractivity contribution is 1.18. The summed E-state index contributed by atoms with van der Waals surface area (Å²) in [4.78, 5) is 10.8. The zero-order valence-corrected chi connectivity index (χ0v) is 43.3. The Morgan fingerprint density at radius 3 is 0.886 bits per heavy atom. The first-order valence-electron chi connectivity index (χ1n) is 26.9. The van der Waals surface area contributed by atoms with Crippen LogP contribution in [0.4, 0.5) is 0 Å². The van der Waals surface area contributed by atoms with Crippen LogP contribution >= 0.6 is 0 Å². The molecule has 2 heterocycles. The van der Waals surface area contributed by atoms with Crippen LogP contribution in [-0.2, 0) is 0 Å². The van der Waals surface area contributed by atoms with E-state index >= 15 is 0 Å². The Balaban J connectivity index is 0.824. The number of para-hydroxylation sites is 2. The summed E-state index contributed by atoms with van der Waals surface area (Å²) in [5.74, 6) is 0.663. The van der Waals surface area contributed by atoms with Gasteiger partial charge in [0.05, 0.1) is 22.4 Å². The topological polar surface area (TPSA) is 30.7 Å². The van der Waals surface area contributed by atoms with Gasteiger partial charge in [-0.25, -0.2) is 9.97 Å². The fraction of sp³-hybridized carbons (Fsp3) is 0. The van der Waals surface area contributed by atoms with Crippen molar-refractivity contribution in [2.45, 2.75) is 0 Å². The highest BCUT2D eigenvalue weighted by atomic mass is 15.0. The van der Waals surface area contributed by atoms with E-state index in [1.165, 1.54) is 66.3 Å². The molecule has 79 heavy (non-hydrogen) atoms. The Bertz CT molecular complexity index is 4480. The molecule has 370 valence electrons. The fourth-order valence-electron chi connectivity index (χ4n) is 11.2. The van der Waals surface area contributed by atoms with Gasteiger partial charge < -0.3 is 4.57 Å². The maximum absolute atomic E-state index is 5.41. The standard InChI is InChI=1S/C76H51N3/c1-3-18-52(19-4-1)56-22-11-26-60(44-56)61-27-13-24-58(46-61)54-40-42-55(43-41-54)59-25-14-32-66(47-59)72-51-73(78-76(77-72)68-34-16-30-64(49-68)62-28-12-23-57(45-62)53-20-5-2-6-21-53)67-33-15-29-63(48-67)65-31-17-35-69(50-65)79-74-38-9-7-36-70(74)71-37-8-10-39-75(71)79/h1-51H. The number of nitrogens with zero attached hydrogens (tertiary/aromatic N) is 3. The lowest BCUT2D eigenvalue weighted by Gasteiger charge is -2.13. The van der Waals surface area contributed by atoms with Gasteiger partial charge in [-0.3, -0.25) is 0 Å². The van der Waals surface area contributed by atoms with Gasteiger partial charge in [-0.1, -0.05) is 243 Å². The van der Waals surface area contributed by atoms with E-state index in [0.29, 0.717) is 5.82 Å². The molecule has 12 aromatic carbocycles. The van der Waals surface area contributed by atoms with Crippen LogP contribution in [0.2, 0.25) is 0 Å². The molecule has 14 rings (SSSR count). The van der Waals surface area contributed by atoms with Gasteiger partial charge >= 0.3 is 0 Å². The number of benzene rings is 12. The number of rotatable bonds is 11. The quantitative estimate of drug-likeness (QED) is 0.129. The molecule has 0 N–H and O–H groups in total. The van der Waals surface area contributed by atoms with E-state index < -0.39 is 0 Å². The van der Waals surface area contributed by atoms with Crippen molar-refractivity contribution >= 4 is 21.8 Å². The van der Waals surface area contributed by atoms with Crippen molar-refractivity contribution in [3.63, 3.8) is 0 Å². The van der Waals surface area contributed by atoms with Crippen LogP contribution < -0.4 is 0 Å². The molecule has 0 saturated heterocycles. The van der Waals surface area contributed by atoms with Crippen LogP contribution in [0.15, 0.2) is 309 Å². The van der Waals surface area contributed by atoms with Crippen LogP contribution in [0.3, 0.4) is 0 Å². The van der Waals surface area contributed by atoms with Gasteiger partial charge in [0, 0.05) is 33.2 Å². The van der Waals surface area contributed by atoms with E-state index in [1.54, 1.807) is 0 Å². The van der Waals surface area contributed by atoms with Gasteiger partial charge in [0.15, 0.2) is 5.82 Å². The molecule has 0 aliphatic heterocycles. The summed E-state index contributed by atoms with van der Waals surface area (Å²) in [5.41, 5.74) is 24.4. The normalized spacial score (nSPS) is 11.3. The first-order chi connectivity index (χ1) is 39.1. The molecular formula is C76H51N3. The molecular weight excluding hydrogens is 955 g/mol. The maximum atomic E-state index is 5.41. The molecule has 0 aliphatic carbocycles. The van der Waals surface area contributed by atoms with Gasteiger partial charge in [-0.05, 0) is 145 Å². The van der Waals surface area contributed by atoms with E-state index in [0.717, 1.165) is 67.1 Å². The van der Waals surface area contributed by atoms with Gasteiger partial charge in [-0.2, -0.15) is 0 Å². The number of hydrogen-bond acceptors (Lipinski definition) is 2. The highest BCUT2D eigenvalue weighted by Gasteiger charge is 2.16. The number of aromatic nitrogens is 3. The predicted octanol–water partition coefficient (Wildman–Crippen LogP) is 20.2. The molecule has 0 saturated carbocycles. The van der Waals surface area contributed by atoms with Crippen LogP contribution in [0.5, 0.6) is 0 Å². The maximum Gasteiger partial charge on any atom is 0.160 e. The summed E-state index contributed by atoms with van der Waals surface area (Å²) in [6.45, 7) is 0. The minimum atomic E-state index is 0.663. The third-order valence-electron chi connectivity index (χ3n) is 15.2. The highest BCUT2D eigenvalue weighted by molar-refractivity contribution is 6.09. The average molecular weight is 1010 g/mol. The predicted molar refractivity (Wildman–Crippen MR) is 331 cm³/mol. The first kappa shape index (κ1) is 47.0. The van der Waals surface area contributed by atoms with Crippen LogP contribution in [0.25, 0.3) is 139 Å². The van der Waals surface area contributed by atoms with Gasteiger partial charge in [-0.15, -0.1) is 0 Å². The second-order valence-electron chi connectivity index (χ2n) is 20.2. The van der Waals surface area contributed by atoms with Crippen LogP contribution in [-0.4, -0.2) is 14.5 Å². The molecule has 0 aliphatic rings. The largest absolute Gasteiger partial charge is 0.309 e. The number of fused-ring (bicyclic) bond motifs is 3. The van der Waals surface area contributed by atoms with Crippen molar-refractivity contribution in [2.75, 3.05) is 0 Å². The molecule has 0 radical (unpaired) electrons. The van der Waals surface area contributed by atoms with Crippen molar-refractivity contribution < 1.29 is 0 Å². The van der Waals surface area contributed by atoms with E-state index in [4.69, 9.17) is 9.97 Å². The minimum Gasteiger partial charge on any atom is -0.309 e. The Morgan fingerprint density at radius 2 is 0.468 bits per heavy atom. The second-order valence-corrected chi connectivity index (χ2v) is 20.2. The van der Waals surface area contributed by atoms with Gasteiger partial charge in [0.1, 0.15) is 0 Å². The van der Waals surface area contributed by atoms with Crippen molar-refractivity contribution in [1.29, 1.82) is 0 Å². The summed E-state index contributed by atoms with van der Waals surface area (Å²) in [5, 5.41) is 2.49. The van der Waals surface area contributed by atoms with Crippen LogP contribution in [0.1, 0.15) is 0 Å². The zero-order chi connectivity index (χ0) is 52.5. The van der Waals surface area contributed by atoms with E-state index in [9.17, 15) is 0 Å². The lowest BCUT2D eigenvalue weighted by atomic mass is 9.95. The Hall–Kier alpha value is -10.5. The van der Waals surface area contributed by atoms with Crippen molar-refractivity contribution in [1.82, 2.24) is 14.5 Å². The molecule has 2 aromatic heterocycles. The summed E-state index contributed by atoms with van der Waals surface area (Å²) in [6.07, 6.45) is 0. The molecule has 0 bridgehead atoms. The molecule has 0 fully saturated rings. The highest BCUT2D eigenvalue weighted by Crippen LogP contribution is 2.38. The first-order valence-corrected chi connectivity index (χ1v) is 26.9. The Kier molecular flexibility index (Phi) is 12.2. The summed E-state index contributed by atoms with van der Waals surface area (Å²) >= 11 is 0. The molecule has 0 unspecified atom stereocenters. The molecule has 3 heteroatoms. The zero-order valence-electron chi connectivity index (χ0n) is 43.3. The van der Waals surface area contributed by atoms with Crippen LogP contribution in [0, 0.1) is 0 Å². The Morgan fingerprint density at radius 1 is 0.190 bits per heavy atom. The van der Waals surface area contributed by atoms with Gasteiger partial charge in [0.25, 0.3) is 0 Å². The van der Waals surface area contributed by atoms with Crippen molar-refractivity contribution in [3.8, 4) is 117 Å². The minimum absolute atomic E-state index is 0.663. The van der Waals surface area contributed by atoms with E-state index in [-0.39, 0.29) is 0 Å². The van der Waals surface area contributed by atoms with Crippen molar-refractivity contribution in [2.24, 2.45) is 0 Å². The Labute approximate surface area is 460 Å². The molecule has 0 spiro atoms. The second kappa shape index (κ2) is 20.6. The van der Waals surface area contributed by atoms with Crippen molar-refractivity contribution in [3.05, 3.63) is 309 Å².